The number of nitrogens with zero attached hydrogens (tertiary/aromatic N) is 3. The van der Waals surface area contributed by atoms with Crippen molar-refractivity contribution in [3.05, 3.63) is 22.6 Å². The van der Waals surface area contributed by atoms with Gasteiger partial charge in [0.25, 0.3) is 0 Å². The lowest BCUT2D eigenvalue weighted by atomic mass is 10.1. The molecule has 1 saturated heterocycles. The Morgan fingerprint density at radius 1 is 1.33 bits per heavy atom. The SMILES string of the molecule is Cc1cc(N2[C@H](C)CN(C)C[C@@H]2C)nc(F)c1Cl. The zero-order valence-electron chi connectivity index (χ0n) is 11.2. The second-order valence-electron chi connectivity index (χ2n) is 5.23. The number of halogens is 2. The number of anilines is 1. The second kappa shape index (κ2) is 5.02. The van der Waals surface area contributed by atoms with Gasteiger partial charge in [-0.3, -0.25) is 0 Å². The van der Waals surface area contributed by atoms with Gasteiger partial charge in [-0.25, -0.2) is 4.98 Å². The molecule has 3 nitrogen and oxygen atoms in total. The van der Waals surface area contributed by atoms with Gasteiger partial charge in [-0.15, -0.1) is 0 Å². The molecule has 0 saturated carbocycles. The number of aromatic nitrogens is 1. The number of hydrogen-bond acceptors (Lipinski definition) is 3. The Morgan fingerprint density at radius 3 is 2.39 bits per heavy atom. The van der Waals surface area contributed by atoms with Crippen LogP contribution >= 0.6 is 11.6 Å². The number of hydrogen-bond donors (Lipinski definition) is 0. The molecular formula is C13H19ClFN3. The van der Waals surface area contributed by atoms with Gasteiger partial charge in [0.05, 0.1) is 5.02 Å². The quantitative estimate of drug-likeness (QED) is 0.732. The van der Waals surface area contributed by atoms with Gasteiger partial charge in [0.1, 0.15) is 5.82 Å². The van der Waals surface area contributed by atoms with E-state index in [0.717, 1.165) is 18.7 Å². The van der Waals surface area contributed by atoms with E-state index >= 15 is 0 Å². The van der Waals surface area contributed by atoms with Gasteiger partial charge in [-0.05, 0) is 39.4 Å². The van der Waals surface area contributed by atoms with Gasteiger partial charge in [-0.2, -0.15) is 4.39 Å². The van der Waals surface area contributed by atoms with Crippen molar-refractivity contribution in [1.82, 2.24) is 9.88 Å². The molecule has 1 aliphatic heterocycles. The van der Waals surface area contributed by atoms with Crippen molar-refractivity contribution in [1.29, 1.82) is 0 Å². The van der Waals surface area contributed by atoms with E-state index in [1.54, 1.807) is 0 Å². The second-order valence-corrected chi connectivity index (χ2v) is 5.61. The Labute approximate surface area is 113 Å². The van der Waals surface area contributed by atoms with Crippen molar-refractivity contribution in [2.45, 2.75) is 32.9 Å². The van der Waals surface area contributed by atoms with Crippen molar-refractivity contribution >= 4 is 17.4 Å². The largest absolute Gasteiger partial charge is 0.349 e. The van der Waals surface area contributed by atoms with Gasteiger partial charge in [0, 0.05) is 25.2 Å². The molecule has 2 rings (SSSR count). The fourth-order valence-electron chi connectivity index (χ4n) is 2.77. The van der Waals surface area contributed by atoms with E-state index in [4.69, 9.17) is 11.6 Å². The molecule has 1 fully saturated rings. The van der Waals surface area contributed by atoms with E-state index in [1.807, 2.05) is 13.0 Å². The standard InChI is InChI=1S/C13H19ClFN3/c1-8-5-11(16-13(15)12(8)14)18-9(2)6-17(4)7-10(18)3/h5,9-10H,6-7H2,1-4H3/t9-,10+. The molecule has 100 valence electrons. The summed E-state index contributed by atoms with van der Waals surface area (Å²) in [5.41, 5.74) is 0.734. The van der Waals surface area contributed by atoms with Crippen LogP contribution in [0.4, 0.5) is 10.2 Å². The zero-order valence-corrected chi connectivity index (χ0v) is 12.0. The van der Waals surface area contributed by atoms with Gasteiger partial charge >= 0.3 is 0 Å². The molecular weight excluding hydrogens is 253 g/mol. The summed E-state index contributed by atoms with van der Waals surface area (Å²) in [4.78, 5) is 8.45. The summed E-state index contributed by atoms with van der Waals surface area (Å²) in [5, 5.41) is 0.119. The average Bonchev–Trinajstić information content (AvgIpc) is 2.24. The summed E-state index contributed by atoms with van der Waals surface area (Å²) in [7, 11) is 2.10. The maximum atomic E-state index is 13.6. The van der Waals surface area contributed by atoms with Crippen molar-refractivity contribution in [2.75, 3.05) is 25.0 Å². The minimum Gasteiger partial charge on any atom is -0.349 e. The highest BCUT2D eigenvalue weighted by Gasteiger charge is 2.29. The molecule has 18 heavy (non-hydrogen) atoms. The lowest BCUT2D eigenvalue weighted by molar-refractivity contribution is 0.238. The first-order valence-electron chi connectivity index (χ1n) is 6.19. The Bertz CT molecular complexity index is 417. The molecule has 0 N–H and O–H groups in total. The van der Waals surface area contributed by atoms with Gasteiger partial charge in [-0.1, -0.05) is 11.6 Å². The highest BCUT2D eigenvalue weighted by Crippen LogP contribution is 2.27. The lowest BCUT2D eigenvalue weighted by Gasteiger charge is -2.44. The molecule has 1 aliphatic rings. The van der Waals surface area contributed by atoms with Crippen molar-refractivity contribution < 1.29 is 4.39 Å². The van der Waals surface area contributed by atoms with Crippen molar-refractivity contribution in [3.8, 4) is 0 Å². The van der Waals surface area contributed by atoms with Crippen LogP contribution < -0.4 is 4.90 Å². The predicted molar refractivity (Wildman–Crippen MR) is 72.8 cm³/mol. The third-order valence-electron chi connectivity index (χ3n) is 3.45. The molecule has 0 amide bonds. The van der Waals surface area contributed by atoms with Crippen molar-refractivity contribution in [3.63, 3.8) is 0 Å². The summed E-state index contributed by atoms with van der Waals surface area (Å²) in [6.45, 7) is 7.98. The molecule has 0 aliphatic carbocycles. The van der Waals surface area contributed by atoms with E-state index in [0.29, 0.717) is 17.9 Å². The fraction of sp³-hybridized carbons (Fsp3) is 0.615. The average molecular weight is 272 g/mol. The summed E-state index contributed by atoms with van der Waals surface area (Å²) in [5.74, 6) is 0.104. The maximum absolute atomic E-state index is 13.6. The van der Waals surface area contributed by atoms with Crippen LogP contribution in [0.1, 0.15) is 19.4 Å². The third kappa shape index (κ3) is 2.45. The van der Waals surface area contributed by atoms with Gasteiger partial charge in [0.2, 0.25) is 5.95 Å². The van der Waals surface area contributed by atoms with Gasteiger partial charge < -0.3 is 9.80 Å². The first-order chi connectivity index (χ1) is 8.40. The normalized spacial score (nSPS) is 25.6. The predicted octanol–water partition coefficient (Wildman–Crippen LogP) is 2.71. The smallest absolute Gasteiger partial charge is 0.233 e. The van der Waals surface area contributed by atoms with E-state index in [9.17, 15) is 4.39 Å². The topological polar surface area (TPSA) is 19.4 Å². The van der Waals surface area contributed by atoms with Crippen LogP contribution in [-0.4, -0.2) is 42.1 Å². The molecule has 0 unspecified atom stereocenters. The number of pyridine rings is 1. The first kappa shape index (κ1) is 13.6. The molecule has 2 atom stereocenters. The number of piperazine rings is 1. The molecule has 0 bridgehead atoms. The monoisotopic (exact) mass is 271 g/mol. The van der Waals surface area contributed by atoms with Crippen LogP contribution in [0.15, 0.2) is 6.07 Å². The summed E-state index contributed by atoms with van der Waals surface area (Å²) >= 11 is 5.82. The van der Waals surface area contributed by atoms with Crippen LogP contribution in [0.5, 0.6) is 0 Å². The molecule has 0 spiro atoms. The lowest BCUT2D eigenvalue weighted by Crippen LogP contribution is -2.56. The molecule has 0 radical (unpaired) electrons. The Kier molecular flexibility index (Phi) is 3.78. The molecule has 0 aromatic carbocycles. The minimum absolute atomic E-state index is 0.119. The van der Waals surface area contributed by atoms with E-state index in [1.165, 1.54) is 0 Å². The van der Waals surface area contributed by atoms with Crippen molar-refractivity contribution in [2.24, 2.45) is 0 Å². The van der Waals surface area contributed by atoms with Crippen LogP contribution in [0.2, 0.25) is 5.02 Å². The molecule has 1 aromatic heterocycles. The number of rotatable bonds is 1. The molecule has 1 aromatic rings. The van der Waals surface area contributed by atoms with E-state index < -0.39 is 5.95 Å². The Hall–Kier alpha value is -0.870. The fourth-order valence-corrected chi connectivity index (χ4v) is 2.87. The van der Waals surface area contributed by atoms with Crippen LogP contribution in [0, 0.1) is 12.9 Å². The summed E-state index contributed by atoms with van der Waals surface area (Å²) in [6.07, 6.45) is 0. The van der Waals surface area contributed by atoms with E-state index in [2.05, 4.69) is 35.7 Å². The third-order valence-corrected chi connectivity index (χ3v) is 3.91. The zero-order chi connectivity index (χ0) is 13.4. The highest BCUT2D eigenvalue weighted by atomic mass is 35.5. The van der Waals surface area contributed by atoms with Crippen LogP contribution in [-0.2, 0) is 0 Å². The molecule has 5 heteroatoms. The van der Waals surface area contributed by atoms with E-state index in [-0.39, 0.29) is 5.02 Å². The van der Waals surface area contributed by atoms with Crippen LogP contribution in [0.25, 0.3) is 0 Å². The Balaban J connectivity index is 2.36. The molecule has 2 heterocycles. The summed E-state index contributed by atoms with van der Waals surface area (Å²) < 4.78 is 13.6. The number of likely N-dealkylation sites (N-methyl/N-ethyl adjacent to an activating group) is 1. The minimum atomic E-state index is -0.579. The maximum Gasteiger partial charge on any atom is 0.233 e. The summed E-state index contributed by atoms with van der Waals surface area (Å²) in [6, 6.07) is 2.49. The Morgan fingerprint density at radius 2 is 1.89 bits per heavy atom. The van der Waals surface area contributed by atoms with Crippen LogP contribution in [0.3, 0.4) is 0 Å². The number of aryl methyl sites for hydroxylation is 1. The van der Waals surface area contributed by atoms with Gasteiger partial charge in [0.15, 0.2) is 0 Å². The highest BCUT2D eigenvalue weighted by molar-refractivity contribution is 6.31. The first-order valence-corrected chi connectivity index (χ1v) is 6.57.